The Hall–Kier alpha value is -3.32. The van der Waals surface area contributed by atoms with Crippen molar-refractivity contribution in [3.05, 3.63) is 64.7 Å². The highest BCUT2D eigenvalue weighted by Gasteiger charge is 2.45. The van der Waals surface area contributed by atoms with Crippen LogP contribution >= 0.6 is 0 Å². The lowest BCUT2D eigenvalue weighted by Crippen LogP contribution is -2.32. The van der Waals surface area contributed by atoms with Crippen molar-refractivity contribution in [2.75, 3.05) is 33.5 Å². The average Bonchev–Trinajstić information content (AvgIpc) is 3.09. The summed E-state index contributed by atoms with van der Waals surface area (Å²) in [5.41, 5.74) is 2.05. The summed E-state index contributed by atoms with van der Waals surface area (Å²) in [6.45, 7) is 7.50. The maximum atomic E-state index is 13.1. The van der Waals surface area contributed by atoms with Crippen molar-refractivity contribution in [2.45, 2.75) is 39.7 Å². The van der Waals surface area contributed by atoms with Gasteiger partial charge in [0.1, 0.15) is 17.3 Å². The van der Waals surface area contributed by atoms with Crippen LogP contribution in [0.25, 0.3) is 5.76 Å². The molecule has 34 heavy (non-hydrogen) atoms. The number of hydrogen-bond donors (Lipinski definition) is 1. The fraction of sp³-hybridized carbons (Fsp3) is 0.407. The summed E-state index contributed by atoms with van der Waals surface area (Å²) in [6.07, 6.45) is 2.00. The lowest BCUT2D eigenvalue weighted by molar-refractivity contribution is -0.140. The van der Waals surface area contributed by atoms with Gasteiger partial charge >= 0.3 is 0 Å². The zero-order valence-corrected chi connectivity index (χ0v) is 20.3. The van der Waals surface area contributed by atoms with Crippen LogP contribution in [0.3, 0.4) is 0 Å². The Labute approximate surface area is 200 Å². The number of likely N-dealkylation sites (tertiary alicyclic amines) is 1. The number of Topliss-reactive ketones (excluding diaryl/α,β-unsaturated/α-hetero) is 1. The number of aryl methyl sites for hydroxylation is 1. The van der Waals surface area contributed by atoms with E-state index in [1.807, 2.05) is 38.1 Å². The highest BCUT2D eigenvalue weighted by molar-refractivity contribution is 6.46. The van der Waals surface area contributed by atoms with Gasteiger partial charge in [0.05, 0.1) is 31.4 Å². The minimum atomic E-state index is -0.730. The van der Waals surface area contributed by atoms with E-state index in [0.29, 0.717) is 35.8 Å². The van der Waals surface area contributed by atoms with Crippen LogP contribution in [-0.4, -0.2) is 55.2 Å². The van der Waals surface area contributed by atoms with Crippen molar-refractivity contribution in [3.63, 3.8) is 0 Å². The molecular weight excluding hydrogens is 434 g/mol. The van der Waals surface area contributed by atoms with Crippen LogP contribution in [0.15, 0.2) is 48.0 Å². The van der Waals surface area contributed by atoms with E-state index in [9.17, 15) is 14.7 Å². The zero-order chi connectivity index (χ0) is 24.7. The second-order valence-corrected chi connectivity index (χ2v) is 8.17. The van der Waals surface area contributed by atoms with Gasteiger partial charge in [0.2, 0.25) is 0 Å². The number of aliphatic hydroxyl groups excluding tert-OH is 1. The van der Waals surface area contributed by atoms with E-state index >= 15 is 0 Å². The first-order chi connectivity index (χ1) is 16.4. The van der Waals surface area contributed by atoms with Crippen LogP contribution < -0.4 is 9.47 Å². The summed E-state index contributed by atoms with van der Waals surface area (Å²) in [5, 5.41) is 11.2. The molecule has 1 N–H and O–H groups in total. The summed E-state index contributed by atoms with van der Waals surface area (Å²) in [4.78, 5) is 27.4. The van der Waals surface area contributed by atoms with Crippen molar-refractivity contribution in [1.82, 2.24) is 4.90 Å². The molecule has 3 rings (SSSR count). The van der Waals surface area contributed by atoms with Gasteiger partial charge in [-0.05, 0) is 61.7 Å². The first-order valence-electron chi connectivity index (χ1n) is 11.7. The molecule has 1 amide bonds. The second-order valence-electron chi connectivity index (χ2n) is 8.17. The molecule has 0 bridgehead atoms. The maximum Gasteiger partial charge on any atom is 0.295 e. The normalized spacial score (nSPS) is 17.3. The number of nitrogens with zero attached hydrogens (tertiary/aromatic N) is 1. The molecule has 0 saturated carbocycles. The number of ether oxygens (including phenoxy) is 3. The van der Waals surface area contributed by atoms with Crippen LogP contribution in [0, 0.1) is 6.92 Å². The van der Waals surface area contributed by atoms with E-state index in [0.717, 1.165) is 18.4 Å². The van der Waals surface area contributed by atoms with Crippen molar-refractivity contribution >= 4 is 17.4 Å². The molecule has 1 atom stereocenters. The first-order valence-corrected chi connectivity index (χ1v) is 11.7. The minimum Gasteiger partial charge on any atom is -0.507 e. The minimum absolute atomic E-state index is 0.0596. The molecular formula is C27H33NO6. The number of hydrogen-bond acceptors (Lipinski definition) is 6. The molecule has 2 aromatic rings. The molecule has 7 nitrogen and oxygen atoms in total. The Morgan fingerprint density at radius 1 is 1.03 bits per heavy atom. The number of ketones is 1. The van der Waals surface area contributed by atoms with E-state index < -0.39 is 17.7 Å². The molecule has 7 heteroatoms. The van der Waals surface area contributed by atoms with Gasteiger partial charge in [-0.1, -0.05) is 25.5 Å². The second kappa shape index (κ2) is 11.7. The Bertz CT molecular complexity index is 1040. The Kier molecular flexibility index (Phi) is 8.71. The molecule has 0 aliphatic carbocycles. The van der Waals surface area contributed by atoms with Crippen LogP contribution in [0.5, 0.6) is 11.5 Å². The maximum absolute atomic E-state index is 13.1. The SMILES string of the molecule is CCCCOc1ccc(C2/C(=C(/O)c3ccc(OCC)c(C)c3)C(=O)C(=O)N2CCOC)cc1. The molecule has 182 valence electrons. The predicted molar refractivity (Wildman–Crippen MR) is 130 cm³/mol. The number of carbonyl (C=O) groups excluding carboxylic acids is 2. The molecule has 0 spiro atoms. The molecule has 0 aromatic heterocycles. The predicted octanol–water partition coefficient (Wildman–Crippen LogP) is 4.64. The quantitative estimate of drug-likeness (QED) is 0.224. The van der Waals surface area contributed by atoms with Crippen LogP contribution in [0.4, 0.5) is 0 Å². The van der Waals surface area contributed by atoms with Gasteiger partial charge in [-0.25, -0.2) is 0 Å². The fourth-order valence-corrected chi connectivity index (χ4v) is 4.00. The summed E-state index contributed by atoms with van der Waals surface area (Å²) < 4.78 is 16.5. The Morgan fingerprint density at radius 2 is 1.76 bits per heavy atom. The molecule has 1 aliphatic heterocycles. The first kappa shape index (κ1) is 25.3. The molecule has 2 aromatic carbocycles. The van der Waals surface area contributed by atoms with Crippen molar-refractivity contribution < 1.29 is 28.9 Å². The van der Waals surface area contributed by atoms with E-state index in [1.54, 1.807) is 18.2 Å². The van der Waals surface area contributed by atoms with Crippen molar-refractivity contribution in [1.29, 1.82) is 0 Å². The van der Waals surface area contributed by atoms with Crippen molar-refractivity contribution in [3.8, 4) is 11.5 Å². The highest BCUT2D eigenvalue weighted by Crippen LogP contribution is 2.40. The molecule has 1 fully saturated rings. The van der Waals surface area contributed by atoms with Gasteiger partial charge in [0.15, 0.2) is 0 Å². The van der Waals surface area contributed by atoms with Gasteiger partial charge in [0.25, 0.3) is 11.7 Å². The third-order valence-electron chi connectivity index (χ3n) is 5.79. The van der Waals surface area contributed by atoms with E-state index in [2.05, 4.69) is 6.92 Å². The van der Waals surface area contributed by atoms with E-state index in [-0.39, 0.29) is 24.5 Å². The number of rotatable bonds is 11. The number of aliphatic hydroxyl groups is 1. The van der Waals surface area contributed by atoms with Crippen LogP contribution in [0.2, 0.25) is 0 Å². The number of benzene rings is 2. The summed E-state index contributed by atoms with van der Waals surface area (Å²) in [6, 6.07) is 11.8. The van der Waals surface area contributed by atoms with Crippen LogP contribution in [0.1, 0.15) is 49.4 Å². The van der Waals surface area contributed by atoms with Gasteiger partial charge in [0, 0.05) is 19.2 Å². The monoisotopic (exact) mass is 467 g/mol. The Balaban J connectivity index is 2.03. The average molecular weight is 468 g/mol. The number of unbranched alkanes of at least 4 members (excludes halogenated alkanes) is 1. The topological polar surface area (TPSA) is 85.3 Å². The van der Waals surface area contributed by atoms with Gasteiger partial charge < -0.3 is 24.2 Å². The molecule has 0 radical (unpaired) electrons. The summed E-state index contributed by atoms with van der Waals surface area (Å²) >= 11 is 0. The lowest BCUT2D eigenvalue weighted by Gasteiger charge is -2.25. The highest BCUT2D eigenvalue weighted by atomic mass is 16.5. The Morgan fingerprint density at radius 3 is 2.38 bits per heavy atom. The van der Waals surface area contributed by atoms with Gasteiger partial charge in [-0.3, -0.25) is 9.59 Å². The van der Waals surface area contributed by atoms with E-state index in [4.69, 9.17) is 14.2 Å². The standard InChI is InChI=1S/C27H33NO6/c1-5-7-15-34-21-11-8-19(9-12-21)24-23(26(30)27(31)28(24)14-16-32-4)25(29)20-10-13-22(33-6-2)18(3)17-20/h8-13,17,24,29H,5-7,14-16H2,1-4H3/b25-23-. The third kappa shape index (κ3) is 5.42. The van der Waals surface area contributed by atoms with Crippen molar-refractivity contribution in [2.24, 2.45) is 0 Å². The zero-order valence-electron chi connectivity index (χ0n) is 20.3. The smallest absolute Gasteiger partial charge is 0.295 e. The lowest BCUT2D eigenvalue weighted by atomic mass is 9.94. The number of methoxy groups -OCH3 is 1. The summed E-state index contributed by atoms with van der Waals surface area (Å²) in [7, 11) is 1.54. The fourth-order valence-electron chi connectivity index (χ4n) is 4.00. The molecule has 1 saturated heterocycles. The number of amides is 1. The third-order valence-corrected chi connectivity index (χ3v) is 5.79. The van der Waals surface area contributed by atoms with E-state index in [1.165, 1.54) is 12.0 Å². The summed E-state index contributed by atoms with van der Waals surface area (Å²) in [5.74, 6) is -0.163. The van der Waals surface area contributed by atoms with Gasteiger partial charge in [-0.2, -0.15) is 0 Å². The molecule has 1 heterocycles. The van der Waals surface area contributed by atoms with Gasteiger partial charge in [-0.15, -0.1) is 0 Å². The number of carbonyl (C=O) groups is 2. The largest absolute Gasteiger partial charge is 0.507 e. The molecule has 1 aliphatic rings. The van der Waals surface area contributed by atoms with Crippen LogP contribution in [-0.2, 0) is 14.3 Å². The molecule has 1 unspecified atom stereocenters.